The van der Waals surface area contributed by atoms with E-state index in [0.717, 1.165) is 23.9 Å². The summed E-state index contributed by atoms with van der Waals surface area (Å²) in [4.78, 5) is 9.86. The highest BCUT2D eigenvalue weighted by Gasteiger charge is 2.26. The van der Waals surface area contributed by atoms with Crippen molar-refractivity contribution in [2.45, 2.75) is 38.1 Å². The van der Waals surface area contributed by atoms with Crippen molar-refractivity contribution in [1.29, 1.82) is 0 Å². The van der Waals surface area contributed by atoms with Crippen molar-refractivity contribution < 1.29 is 4.74 Å². The number of hydrogen-bond acceptors (Lipinski definition) is 4. The molecule has 4 nitrogen and oxygen atoms in total. The number of rotatable bonds is 11. The Morgan fingerprint density at radius 3 is 2.50 bits per heavy atom. The average Bonchev–Trinajstić information content (AvgIpc) is 2.89. The molecule has 0 amide bonds. The van der Waals surface area contributed by atoms with E-state index in [9.17, 15) is 0 Å². The monoisotopic (exact) mass is 457 g/mol. The second-order valence-corrected chi connectivity index (χ2v) is 9.60. The van der Waals surface area contributed by atoms with Gasteiger partial charge in [-0.05, 0) is 100 Å². The van der Waals surface area contributed by atoms with Crippen molar-refractivity contribution in [1.82, 2.24) is 14.8 Å². The number of benzene rings is 2. The molecule has 1 aromatic heterocycles. The normalized spacial score (nSPS) is 16.0. The number of hydrogen-bond donors (Lipinski definition) is 0. The summed E-state index contributed by atoms with van der Waals surface area (Å²) < 4.78 is 5.50. The molecule has 1 fully saturated rings. The lowest BCUT2D eigenvalue weighted by molar-refractivity contribution is 0.141. The Morgan fingerprint density at radius 2 is 1.76 bits per heavy atom. The highest BCUT2D eigenvalue weighted by molar-refractivity contribution is 5.34. The van der Waals surface area contributed by atoms with Crippen LogP contribution in [-0.2, 0) is 6.42 Å². The van der Waals surface area contributed by atoms with E-state index in [4.69, 9.17) is 9.72 Å². The molecule has 2 heterocycles. The molecule has 0 saturated carbocycles. The Labute approximate surface area is 205 Å². The lowest BCUT2D eigenvalue weighted by atomic mass is 9.94. The number of methoxy groups -OCH3 is 1. The molecular formula is C30H39N3O. The summed E-state index contributed by atoms with van der Waals surface area (Å²) in [5, 5.41) is 0. The van der Waals surface area contributed by atoms with E-state index < -0.39 is 0 Å². The Kier molecular flexibility index (Phi) is 9.12. The Hall–Kier alpha value is -2.69. The highest BCUT2D eigenvalue weighted by atomic mass is 16.5. The zero-order chi connectivity index (χ0) is 23.6. The van der Waals surface area contributed by atoms with Crippen molar-refractivity contribution in [3.63, 3.8) is 0 Å². The molecule has 0 bridgehead atoms. The van der Waals surface area contributed by atoms with Gasteiger partial charge in [-0.1, -0.05) is 48.5 Å². The van der Waals surface area contributed by atoms with Gasteiger partial charge in [0.15, 0.2) is 0 Å². The molecule has 1 atom stereocenters. The molecule has 0 radical (unpaired) electrons. The SMILES string of the molecule is COc1cccc(C(c2ccccn2)N(C)CC2CCN(CCCCc3ccccc3)CC2)c1. The van der Waals surface area contributed by atoms with Crippen LogP contribution in [0.2, 0.25) is 0 Å². The smallest absolute Gasteiger partial charge is 0.119 e. The number of pyridine rings is 1. The van der Waals surface area contributed by atoms with E-state index in [2.05, 4.69) is 77.5 Å². The predicted molar refractivity (Wildman–Crippen MR) is 140 cm³/mol. The molecular weight excluding hydrogens is 418 g/mol. The minimum absolute atomic E-state index is 0.132. The van der Waals surface area contributed by atoms with Gasteiger partial charge in [0.05, 0.1) is 18.8 Å². The van der Waals surface area contributed by atoms with Crippen LogP contribution in [0, 0.1) is 5.92 Å². The molecule has 1 saturated heterocycles. The van der Waals surface area contributed by atoms with Crippen LogP contribution >= 0.6 is 0 Å². The fraction of sp³-hybridized carbons (Fsp3) is 0.433. The topological polar surface area (TPSA) is 28.6 Å². The molecule has 1 aliphatic rings. The number of nitrogens with zero attached hydrogens (tertiary/aromatic N) is 3. The van der Waals surface area contributed by atoms with Crippen LogP contribution in [-0.4, -0.2) is 55.1 Å². The number of aromatic nitrogens is 1. The zero-order valence-electron chi connectivity index (χ0n) is 20.8. The maximum atomic E-state index is 5.50. The van der Waals surface area contributed by atoms with Gasteiger partial charge < -0.3 is 9.64 Å². The van der Waals surface area contributed by atoms with E-state index in [1.807, 2.05) is 18.3 Å². The van der Waals surface area contributed by atoms with Gasteiger partial charge in [0.25, 0.3) is 0 Å². The predicted octanol–water partition coefficient (Wildman–Crippen LogP) is 5.85. The second kappa shape index (κ2) is 12.7. The fourth-order valence-corrected chi connectivity index (χ4v) is 5.21. The van der Waals surface area contributed by atoms with Gasteiger partial charge in [0.2, 0.25) is 0 Å². The fourth-order valence-electron chi connectivity index (χ4n) is 5.21. The first-order valence-corrected chi connectivity index (χ1v) is 12.7. The van der Waals surface area contributed by atoms with Crippen LogP contribution in [0.25, 0.3) is 0 Å². The maximum absolute atomic E-state index is 5.50. The average molecular weight is 458 g/mol. The first kappa shape index (κ1) is 24.4. The van der Waals surface area contributed by atoms with Crippen LogP contribution in [0.5, 0.6) is 5.75 Å². The van der Waals surface area contributed by atoms with Gasteiger partial charge in [0, 0.05) is 12.7 Å². The standard InChI is InChI=1S/C30H39N3O/c1-32(30(29-16-6-8-19-31-29)27-14-10-15-28(23-27)34-2)24-26-17-21-33(22-18-26)20-9-7-13-25-11-4-3-5-12-25/h3-6,8,10-12,14-16,19,23,26,30H,7,9,13,17-18,20-22,24H2,1-2H3. The van der Waals surface area contributed by atoms with E-state index in [-0.39, 0.29) is 6.04 Å². The highest BCUT2D eigenvalue weighted by Crippen LogP contribution is 2.30. The summed E-state index contributed by atoms with van der Waals surface area (Å²) in [6.45, 7) is 4.75. The zero-order valence-corrected chi connectivity index (χ0v) is 20.8. The molecule has 34 heavy (non-hydrogen) atoms. The second-order valence-electron chi connectivity index (χ2n) is 9.60. The summed E-state index contributed by atoms with van der Waals surface area (Å²) in [6, 6.07) is 25.6. The number of aryl methyl sites for hydroxylation is 1. The third-order valence-corrected chi connectivity index (χ3v) is 7.10. The largest absolute Gasteiger partial charge is 0.497 e. The first-order chi connectivity index (χ1) is 16.7. The van der Waals surface area contributed by atoms with Gasteiger partial charge in [-0.3, -0.25) is 9.88 Å². The van der Waals surface area contributed by atoms with Gasteiger partial charge in [-0.2, -0.15) is 0 Å². The molecule has 1 aliphatic heterocycles. The molecule has 2 aromatic carbocycles. The molecule has 1 unspecified atom stereocenters. The van der Waals surface area contributed by atoms with Crippen LogP contribution in [0.3, 0.4) is 0 Å². The third-order valence-electron chi connectivity index (χ3n) is 7.10. The van der Waals surface area contributed by atoms with E-state index >= 15 is 0 Å². The van der Waals surface area contributed by atoms with E-state index in [1.165, 1.54) is 62.9 Å². The Morgan fingerprint density at radius 1 is 0.971 bits per heavy atom. The number of ether oxygens (including phenoxy) is 1. The lowest BCUT2D eigenvalue weighted by Crippen LogP contribution is -2.39. The maximum Gasteiger partial charge on any atom is 0.119 e. The van der Waals surface area contributed by atoms with Gasteiger partial charge in [-0.25, -0.2) is 0 Å². The molecule has 0 spiro atoms. The van der Waals surface area contributed by atoms with Crippen LogP contribution in [0.4, 0.5) is 0 Å². The summed E-state index contributed by atoms with van der Waals surface area (Å²) in [5.74, 6) is 1.62. The van der Waals surface area contributed by atoms with Gasteiger partial charge in [0.1, 0.15) is 5.75 Å². The summed E-state index contributed by atoms with van der Waals surface area (Å²) >= 11 is 0. The minimum Gasteiger partial charge on any atom is -0.497 e. The van der Waals surface area contributed by atoms with Crippen LogP contribution in [0.15, 0.2) is 79.0 Å². The molecule has 0 N–H and O–H groups in total. The van der Waals surface area contributed by atoms with Gasteiger partial charge in [-0.15, -0.1) is 0 Å². The van der Waals surface area contributed by atoms with Gasteiger partial charge >= 0.3 is 0 Å². The Bertz CT molecular complexity index is 971. The van der Waals surface area contributed by atoms with Crippen molar-refractivity contribution in [3.05, 3.63) is 95.8 Å². The molecule has 4 rings (SSSR count). The van der Waals surface area contributed by atoms with Crippen molar-refractivity contribution in [2.75, 3.05) is 40.3 Å². The lowest BCUT2D eigenvalue weighted by Gasteiger charge is -2.36. The number of unbranched alkanes of at least 4 members (excludes halogenated alkanes) is 1. The third kappa shape index (κ3) is 6.91. The summed E-state index contributed by atoms with van der Waals surface area (Å²) in [6.07, 6.45) is 8.20. The molecule has 0 aliphatic carbocycles. The number of likely N-dealkylation sites (tertiary alicyclic amines) is 1. The van der Waals surface area contributed by atoms with E-state index in [1.54, 1.807) is 7.11 Å². The van der Waals surface area contributed by atoms with Crippen molar-refractivity contribution in [2.24, 2.45) is 5.92 Å². The summed E-state index contributed by atoms with van der Waals surface area (Å²) in [7, 11) is 3.98. The quantitative estimate of drug-likeness (QED) is 0.338. The van der Waals surface area contributed by atoms with Crippen LogP contribution in [0.1, 0.15) is 48.5 Å². The molecule has 180 valence electrons. The summed E-state index contributed by atoms with van der Waals surface area (Å²) in [5.41, 5.74) is 3.79. The van der Waals surface area contributed by atoms with Crippen molar-refractivity contribution >= 4 is 0 Å². The molecule has 4 heteroatoms. The first-order valence-electron chi connectivity index (χ1n) is 12.7. The minimum atomic E-state index is 0.132. The number of piperidine rings is 1. The van der Waals surface area contributed by atoms with Crippen molar-refractivity contribution in [3.8, 4) is 5.75 Å². The van der Waals surface area contributed by atoms with E-state index in [0.29, 0.717) is 0 Å². The Balaban J connectivity index is 1.28. The molecule has 3 aromatic rings. The van der Waals surface area contributed by atoms with Crippen LogP contribution < -0.4 is 4.74 Å².